The van der Waals surface area contributed by atoms with Crippen LogP contribution in [0.5, 0.6) is 17.2 Å². The third-order valence-corrected chi connectivity index (χ3v) is 7.87. The molecule has 204 valence electrons. The Kier molecular flexibility index (Phi) is 9.19. The first-order valence-corrected chi connectivity index (χ1v) is 13.8. The van der Waals surface area contributed by atoms with Crippen LogP contribution in [0.3, 0.4) is 0 Å². The number of aryl methyl sites for hydroxylation is 2. The van der Waals surface area contributed by atoms with Crippen LogP contribution < -0.4 is 19.6 Å². The number of hydrazone groups is 1. The second kappa shape index (κ2) is 12.6. The molecule has 0 fully saturated rings. The van der Waals surface area contributed by atoms with Crippen LogP contribution in [0.2, 0.25) is 0 Å². The van der Waals surface area contributed by atoms with Crippen molar-refractivity contribution in [3.63, 3.8) is 0 Å². The molecule has 2 aromatic carbocycles. The van der Waals surface area contributed by atoms with Crippen molar-refractivity contribution in [2.75, 3.05) is 7.11 Å². The van der Waals surface area contributed by atoms with Crippen molar-refractivity contribution < 1.29 is 23.4 Å². The fourth-order valence-electron chi connectivity index (χ4n) is 3.91. The molecule has 2 heterocycles. The van der Waals surface area contributed by atoms with Crippen molar-refractivity contribution in [3.8, 4) is 22.9 Å². The first-order valence-electron chi connectivity index (χ1n) is 12.2. The highest BCUT2D eigenvalue weighted by molar-refractivity contribution is 9.13. The molecule has 0 radical (unpaired) electrons. The van der Waals surface area contributed by atoms with Crippen LogP contribution in [0.1, 0.15) is 47.1 Å². The Morgan fingerprint density at radius 2 is 1.74 bits per heavy atom. The Morgan fingerprint density at radius 3 is 2.38 bits per heavy atom. The van der Waals surface area contributed by atoms with Gasteiger partial charge in [-0.15, -0.1) is 0 Å². The van der Waals surface area contributed by atoms with Gasteiger partial charge in [-0.3, -0.25) is 4.79 Å². The molecule has 1 N–H and O–H groups in total. The largest absolute Gasteiger partial charge is 0.493 e. The molecule has 0 saturated heterocycles. The maximum absolute atomic E-state index is 12.6. The van der Waals surface area contributed by atoms with E-state index in [-0.39, 0.29) is 18.5 Å². The number of ether oxygens (including phenoxy) is 3. The molecule has 0 unspecified atom stereocenters. The van der Waals surface area contributed by atoms with E-state index in [1.807, 2.05) is 38.1 Å². The molecule has 10 heteroatoms. The van der Waals surface area contributed by atoms with E-state index in [0.717, 1.165) is 5.69 Å². The molecular formula is C29H29Br2N3O5. The van der Waals surface area contributed by atoms with Crippen LogP contribution in [0.4, 0.5) is 0 Å². The SMILES string of the molecule is COc1cc(/C=N/NC(=O)c2ccc(COc3ccc(-n4c(C)ccc4C)cc3)o2)c(Br)c(Br)c1OC(C)C. The topological polar surface area (TPSA) is 87.2 Å². The van der Waals surface area contributed by atoms with Gasteiger partial charge in [0, 0.05) is 27.1 Å². The van der Waals surface area contributed by atoms with Crippen molar-refractivity contribution in [1.82, 2.24) is 9.99 Å². The zero-order valence-electron chi connectivity index (χ0n) is 22.2. The van der Waals surface area contributed by atoms with Gasteiger partial charge in [0.25, 0.3) is 0 Å². The number of hydrogen-bond acceptors (Lipinski definition) is 6. The van der Waals surface area contributed by atoms with Gasteiger partial charge >= 0.3 is 5.91 Å². The normalized spacial score (nSPS) is 11.3. The predicted molar refractivity (Wildman–Crippen MR) is 158 cm³/mol. The Labute approximate surface area is 244 Å². The van der Waals surface area contributed by atoms with Gasteiger partial charge in [-0.05, 0) is 114 Å². The number of carbonyl (C=O) groups is 1. The number of benzene rings is 2. The molecule has 2 aromatic heterocycles. The maximum atomic E-state index is 12.6. The fourth-order valence-corrected chi connectivity index (χ4v) is 4.83. The molecule has 4 rings (SSSR count). The highest BCUT2D eigenvalue weighted by Gasteiger charge is 2.18. The third-order valence-electron chi connectivity index (χ3n) is 5.73. The molecule has 4 aromatic rings. The van der Waals surface area contributed by atoms with Crippen molar-refractivity contribution >= 4 is 44.0 Å². The molecule has 0 bridgehead atoms. The second-order valence-corrected chi connectivity index (χ2v) is 10.6. The van der Waals surface area contributed by atoms with Crippen LogP contribution in [0, 0.1) is 13.8 Å². The number of rotatable bonds is 10. The molecule has 8 nitrogen and oxygen atoms in total. The lowest BCUT2D eigenvalue weighted by Crippen LogP contribution is -2.17. The summed E-state index contributed by atoms with van der Waals surface area (Å²) in [5.74, 6) is 1.96. The van der Waals surface area contributed by atoms with Crippen molar-refractivity contribution in [1.29, 1.82) is 0 Å². The van der Waals surface area contributed by atoms with Crippen LogP contribution in [-0.2, 0) is 6.61 Å². The Bertz CT molecular complexity index is 1470. The minimum atomic E-state index is -0.485. The standard InChI is InChI=1S/C29H29Br2N3O5/c1-17(2)38-28-25(36-5)14-20(26(30)27(28)31)15-32-33-29(35)24-13-12-23(39-24)16-37-22-10-8-21(9-11-22)34-18(3)6-7-19(34)4/h6-15,17H,16H2,1-5H3,(H,33,35)/b32-15+. The van der Waals surface area contributed by atoms with Gasteiger partial charge in [0.2, 0.25) is 0 Å². The summed E-state index contributed by atoms with van der Waals surface area (Å²) in [5, 5.41) is 4.07. The number of hydrogen-bond donors (Lipinski definition) is 1. The molecule has 39 heavy (non-hydrogen) atoms. The van der Waals surface area contributed by atoms with E-state index in [9.17, 15) is 4.79 Å². The zero-order valence-corrected chi connectivity index (χ0v) is 25.4. The summed E-state index contributed by atoms with van der Waals surface area (Å²) < 4.78 is 26.4. The Morgan fingerprint density at radius 1 is 1.05 bits per heavy atom. The monoisotopic (exact) mass is 657 g/mol. The van der Waals surface area contributed by atoms with Crippen LogP contribution in [0.25, 0.3) is 5.69 Å². The van der Waals surface area contributed by atoms with Gasteiger partial charge in [-0.1, -0.05) is 0 Å². The van der Waals surface area contributed by atoms with Crippen molar-refractivity contribution in [3.05, 3.63) is 92.0 Å². The average molecular weight is 659 g/mol. The lowest BCUT2D eigenvalue weighted by atomic mass is 10.2. The number of nitrogens with one attached hydrogen (secondary N) is 1. The number of methoxy groups -OCH3 is 1. The van der Waals surface area contributed by atoms with E-state index in [2.05, 4.69) is 72.9 Å². The van der Waals surface area contributed by atoms with E-state index < -0.39 is 5.91 Å². The molecule has 0 aliphatic heterocycles. The zero-order chi connectivity index (χ0) is 28.1. The summed E-state index contributed by atoms with van der Waals surface area (Å²) in [7, 11) is 1.56. The number of halogens is 2. The minimum Gasteiger partial charge on any atom is -0.493 e. The van der Waals surface area contributed by atoms with Crippen LogP contribution in [0.15, 0.2) is 73.1 Å². The summed E-state index contributed by atoms with van der Waals surface area (Å²) in [5.41, 5.74) is 6.56. The average Bonchev–Trinajstić information content (AvgIpc) is 3.53. The Hall–Kier alpha value is -3.50. The molecule has 0 saturated carbocycles. The number of carbonyl (C=O) groups excluding carboxylic acids is 1. The van der Waals surface area contributed by atoms with Crippen molar-refractivity contribution in [2.45, 2.75) is 40.4 Å². The Balaban J connectivity index is 1.35. The number of furan rings is 1. The van der Waals surface area contributed by atoms with Crippen molar-refractivity contribution in [2.24, 2.45) is 5.10 Å². The molecule has 0 aliphatic carbocycles. The molecule has 1 amide bonds. The van der Waals surface area contributed by atoms with E-state index >= 15 is 0 Å². The number of amides is 1. The smallest absolute Gasteiger partial charge is 0.307 e. The van der Waals surface area contributed by atoms with Gasteiger partial charge in [0.05, 0.1) is 23.9 Å². The van der Waals surface area contributed by atoms with E-state index in [1.54, 1.807) is 25.3 Å². The molecule has 0 aliphatic rings. The van der Waals surface area contributed by atoms with Gasteiger partial charge in [0.1, 0.15) is 18.1 Å². The quantitative estimate of drug-likeness (QED) is 0.142. The van der Waals surface area contributed by atoms with E-state index in [4.69, 9.17) is 18.6 Å². The summed E-state index contributed by atoms with van der Waals surface area (Å²) >= 11 is 7.07. The number of nitrogens with zero attached hydrogens (tertiary/aromatic N) is 2. The summed E-state index contributed by atoms with van der Waals surface area (Å²) in [6.45, 7) is 8.19. The summed E-state index contributed by atoms with van der Waals surface area (Å²) in [4.78, 5) is 12.6. The lowest BCUT2D eigenvalue weighted by molar-refractivity contribution is 0.0923. The molecule has 0 spiro atoms. The van der Waals surface area contributed by atoms with Gasteiger partial charge < -0.3 is 23.2 Å². The first-order chi connectivity index (χ1) is 18.7. The highest BCUT2D eigenvalue weighted by Crippen LogP contribution is 2.42. The minimum absolute atomic E-state index is 0.0335. The maximum Gasteiger partial charge on any atom is 0.307 e. The lowest BCUT2D eigenvalue weighted by Gasteiger charge is -2.17. The summed E-state index contributed by atoms with van der Waals surface area (Å²) in [6, 6.07) is 17.0. The van der Waals surface area contributed by atoms with E-state index in [0.29, 0.717) is 37.5 Å². The highest BCUT2D eigenvalue weighted by atomic mass is 79.9. The second-order valence-electron chi connectivity index (χ2n) is 8.99. The number of aromatic nitrogens is 1. The van der Waals surface area contributed by atoms with Gasteiger partial charge in [-0.25, -0.2) is 5.43 Å². The first kappa shape index (κ1) is 28.5. The van der Waals surface area contributed by atoms with Gasteiger partial charge in [-0.2, -0.15) is 5.10 Å². The summed E-state index contributed by atoms with van der Waals surface area (Å²) in [6.07, 6.45) is 1.47. The van der Waals surface area contributed by atoms with E-state index in [1.165, 1.54) is 17.6 Å². The predicted octanol–water partition coefficient (Wildman–Crippen LogP) is 7.35. The van der Waals surface area contributed by atoms with Gasteiger partial charge in [0.15, 0.2) is 17.3 Å². The van der Waals surface area contributed by atoms with Crippen LogP contribution in [-0.4, -0.2) is 29.9 Å². The fraction of sp³-hybridized carbons (Fsp3) is 0.241. The third kappa shape index (κ3) is 6.75. The van der Waals surface area contributed by atoms with Crippen LogP contribution >= 0.6 is 31.9 Å². The molecular weight excluding hydrogens is 630 g/mol. The molecule has 0 atom stereocenters.